The van der Waals surface area contributed by atoms with Gasteiger partial charge < -0.3 is 29.4 Å². The van der Waals surface area contributed by atoms with E-state index in [1.807, 2.05) is 0 Å². The first-order valence-corrected chi connectivity index (χ1v) is 13.0. The summed E-state index contributed by atoms with van der Waals surface area (Å²) in [6.45, 7) is -3.10. The van der Waals surface area contributed by atoms with Crippen LogP contribution in [0, 0.1) is 0 Å². The van der Waals surface area contributed by atoms with Crippen LogP contribution in [0.15, 0.2) is 0 Å². The fraction of sp³-hybridized carbons (Fsp3) is 1.00. The number of rotatable bonds is 8. The van der Waals surface area contributed by atoms with Crippen molar-refractivity contribution in [1.29, 1.82) is 0 Å². The maximum atomic E-state index is 7.56. The Hall–Kier alpha value is 1.41. The van der Waals surface area contributed by atoms with Gasteiger partial charge in [-0.1, -0.05) is 46.0 Å². The second-order valence-corrected chi connectivity index (χ2v) is 10.4. The zero-order chi connectivity index (χ0) is 17.4. The SMILES string of the molecule is CCCCCCCCSCC.OP(O)(O)=S.OP(O)(O)=S. The minimum atomic E-state index is -3.81. The van der Waals surface area contributed by atoms with Crippen molar-refractivity contribution in [3.05, 3.63) is 0 Å². The topological polar surface area (TPSA) is 121 Å². The van der Waals surface area contributed by atoms with Crippen molar-refractivity contribution in [2.75, 3.05) is 11.5 Å². The highest BCUT2D eigenvalue weighted by Gasteiger charge is 1.92. The molecule has 0 bridgehead atoms. The monoisotopic (exact) mass is 402 g/mol. The van der Waals surface area contributed by atoms with Gasteiger partial charge in [0.2, 0.25) is 0 Å². The van der Waals surface area contributed by atoms with Gasteiger partial charge in [0.25, 0.3) is 0 Å². The summed E-state index contributed by atoms with van der Waals surface area (Å²) < 4.78 is 0. The molecule has 0 aromatic heterocycles. The lowest BCUT2D eigenvalue weighted by Gasteiger charge is -1.99. The summed E-state index contributed by atoms with van der Waals surface area (Å²) >= 11 is 9.28. The van der Waals surface area contributed by atoms with E-state index in [0.717, 1.165) is 0 Å². The molecule has 11 heteroatoms. The smallest absolute Gasteiger partial charge is 0.319 e. The van der Waals surface area contributed by atoms with E-state index in [2.05, 4.69) is 49.2 Å². The highest BCUT2D eigenvalue weighted by molar-refractivity contribution is 8.06. The van der Waals surface area contributed by atoms with Crippen LogP contribution in [-0.4, -0.2) is 40.9 Å². The summed E-state index contributed by atoms with van der Waals surface area (Å²) in [4.78, 5) is 45.3. The zero-order valence-electron chi connectivity index (χ0n) is 12.5. The van der Waals surface area contributed by atoms with E-state index >= 15 is 0 Å². The van der Waals surface area contributed by atoms with Gasteiger partial charge in [0, 0.05) is 0 Å². The Morgan fingerprint density at radius 3 is 1.38 bits per heavy atom. The minimum Gasteiger partial charge on any atom is -0.325 e. The van der Waals surface area contributed by atoms with E-state index in [1.165, 1.54) is 50.0 Å². The van der Waals surface area contributed by atoms with Crippen molar-refractivity contribution in [2.24, 2.45) is 0 Å². The summed E-state index contributed by atoms with van der Waals surface area (Å²) in [5.41, 5.74) is 0. The molecule has 6 nitrogen and oxygen atoms in total. The average molecular weight is 402 g/mol. The van der Waals surface area contributed by atoms with Crippen LogP contribution in [0.1, 0.15) is 52.4 Å². The van der Waals surface area contributed by atoms with Crippen molar-refractivity contribution in [1.82, 2.24) is 0 Å². The predicted molar refractivity (Wildman–Crippen MR) is 98.3 cm³/mol. The number of thioether (sulfide) groups is 1. The van der Waals surface area contributed by atoms with Gasteiger partial charge in [-0.05, 0) is 41.5 Å². The third-order valence-corrected chi connectivity index (χ3v) is 2.83. The van der Waals surface area contributed by atoms with E-state index in [-0.39, 0.29) is 0 Å². The molecule has 132 valence electrons. The molecule has 0 fully saturated rings. The van der Waals surface area contributed by atoms with Crippen LogP contribution in [0.4, 0.5) is 0 Å². The molecular formula is C10H28O6P2S3. The molecule has 0 aromatic rings. The van der Waals surface area contributed by atoms with E-state index in [1.54, 1.807) is 0 Å². The second kappa shape index (κ2) is 17.8. The lowest BCUT2D eigenvalue weighted by Crippen LogP contribution is -1.82. The molecule has 0 atom stereocenters. The molecule has 0 aliphatic carbocycles. The van der Waals surface area contributed by atoms with Gasteiger partial charge in [0.15, 0.2) is 0 Å². The van der Waals surface area contributed by atoms with Crippen molar-refractivity contribution >= 4 is 48.8 Å². The fourth-order valence-corrected chi connectivity index (χ4v) is 1.83. The summed E-state index contributed by atoms with van der Waals surface area (Å²) in [6, 6.07) is 0. The maximum absolute atomic E-state index is 7.56. The van der Waals surface area contributed by atoms with Gasteiger partial charge in [-0.2, -0.15) is 11.8 Å². The van der Waals surface area contributed by atoms with Crippen LogP contribution >= 0.6 is 25.2 Å². The van der Waals surface area contributed by atoms with Crippen LogP contribution in [0.5, 0.6) is 0 Å². The maximum Gasteiger partial charge on any atom is 0.319 e. The molecule has 0 radical (unpaired) electrons. The molecule has 0 saturated heterocycles. The fourth-order valence-electron chi connectivity index (χ4n) is 1.13. The number of unbranched alkanes of at least 4 members (excludes halogenated alkanes) is 5. The van der Waals surface area contributed by atoms with Crippen LogP contribution < -0.4 is 0 Å². The van der Waals surface area contributed by atoms with Gasteiger partial charge in [-0.25, -0.2) is 0 Å². The van der Waals surface area contributed by atoms with Crippen LogP contribution in [-0.2, 0) is 23.6 Å². The quantitative estimate of drug-likeness (QED) is 0.269. The summed E-state index contributed by atoms with van der Waals surface area (Å²) in [5, 5.41) is 0. The third kappa shape index (κ3) is 91.1. The van der Waals surface area contributed by atoms with Crippen molar-refractivity contribution in [2.45, 2.75) is 52.4 Å². The van der Waals surface area contributed by atoms with Gasteiger partial charge >= 0.3 is 13.4 Å². The van der Waals surface area contributed by atoms with E-state index < -0.39 is 13.4 Å². The molecule has 0 saturated carbocycles. The first-order valence-electron chi connectivity index (χ1n) is 6.56. The molecule has 0 aliphatic rings. The second-order valence-electron chi connectivity index (χ2n) is 3.99. The van der Waals surface area contributed by atoms with Crippen molar-refractivity contribution < 1.29 is 29.4 Å². The summed E-state index contributed by atoms with van der Waals surface area (Å²) in [6.07, 6.45) is 8.59. The standard InChI is InChI=1S/C10H22S.2H3O3PS/c1-3-5-6-7-8-9-10-11-4-2;2*1-4(2,3)5/h3-10H2,1-2H3;2*(H3,1,2,3,5). The Balaban J connectivity index is -0.000000270. The molecule has 21 heavy (non-hydrogen) atoms. The Morgan fingerprint density at radius 1 is 0.714 bits per heavy atom. The molecule has 0 heterocycles. The molecule has 0 spiro atoms. The lowest BCUT2D eigenvalue weighted by atomic mass is 10.1. The van der Waals surface area contributed by atoms with E-state index in [0.29, 0.717) is 0 Å². The normalized spacial score (nSPS) is 11.0. The zero-order valence-corrected chi connectivity index (χ0v) is 16.7. The predicted octanol–water partition coefficient (Wildman–Crippen LogP) is 2.48. The first kappa shape index (κ1) is 27.3. The third-order valence-electron chi connectivity index (χ3n) is 1.85. The lowest BCUT2D eigenvalue weighted by molar-refractivity contribution is 0.361. The number of hydrogen-bond donors (Lipinski definition) is 6. The van der Waals surface area contributed by atoms with E-state index in [4.69, 9.17) is 29.4 Å². The Morgan fingerprint density at radius 2 is 1.05 bits per heavy atom. The van der Waals surface area contributed by atoms with Crippen molar-refractivity contribution in [3.8, 4) is 0 Å². The van der Waals surface area contributed by atoms with Crippen LogP contribution in [0.3, 0.4) is 0 Å². The number of hydrogen-bond acceptors (Lipinski definition) is 3. The van der Waals surface area contributed by atoms with Gasteiger partial charge in [0.05, 0.1) is 0 Å². The van der Waals surface area contributed by atoms with Crippen LogP contribution in [0.25, 0.3) is 0 Å². The van der Waals surface area contributed by atoms with Gasteiger partial charge in [-0.3, -0.25) is 0 Å². The Kier molecular flexibility index (Phi) is 23.1. The molecular weight excluding hydrogens is 374 g/mol. The largest absolute Gasteiger partial charge is 0.325 e. The Bertz CT molecular complexity index is 250. The minimum absolute atomic E-state index is 1.29. The van der Waals surface area contributed by atoms with Gasteiger partial charge in [-0.15, -0.1) is 0 Å². The molecule has 0 unspecified atom stereocenters. The average Bonchev–Trinajstić information content (AvgIpc) is 2.23. The summed E-state index contributed by atoms with van der Waals surface area (Å²) in [7, 11) is 0. The molecule has 0 amide bonds. The highest BCUT2D eigenvalue weighted by atomic mass is 32.5. The van der Waals surface area contributed by atoms with Crippen molar-refractivity contribution in [3.63, 3.8) is 0 Å². The molecule has 0 rings (SSSR count). The van der Waals surface area contributed by atoms with Crippen LogP contribution in [0.2, 0.25) is 0 Å². The Labute approximate surface area is 142 Å². The summed E-state index contributed by atoms with van der Waals surface area (Å²) in [5.74, 6) is 2.66. The highest BCUT2D eigenvalue weighted by Crippen LogP contribution is 2.26. The van der Waals surface area contributed by atoms with Gasteiger partial charge in [0.1, 0.15) is 0 Å². The molecule has 0 aliphatic heterocycles. The molecule has 0 aromatic carbocycles. The first-order chi connectivity index (χ1) is 9.41. The molecule has 6 N–H and O–H groups in total. The van der Waals surface area contributed by atoms with E-state index in [9.17, 15) is 0 Å².